The van der Waals surface area contributed by atoms with Gasteiger partial charge in [-0.25, -0.2) is 8.42 Å². The van der Waals surface area contributed by atoms with E-state index in [1.807, 2.05) is 11.9 Å². The zero-order valence-electron chi connectivity index (χ0n) is 17.2. The topological polar surface area (TPSA) is 58.6 Å². The van der Waals surface area contributed by atoms with Gasteiger partial charge in [-0.2, -0.15) is 13.2 Å². The number of nitrogens with one attached hydrogen (secondary N) is 1. The molecule has 1 atom stereocenters. The number of hydrogen-bond acceptors (Lipinski definition) is 5. The molecule has 0 aliphatic carbocycles. The fraction of sp³-hybridized carbons (Fsp3) is 0.333. The second-order valence-electron chi connectivity index (χ2n) is 7.73. The second-order valence-corrected chi connectivity index (χ2v) is 11.0. The molecule has 0 spiro atoms. The minimum atomic E-state index is -4.63. The minimum Gasteiger partial charge on any atom is -0.488 e. The number of sulfonamides is 1. The summed E-state index contributed by atoms with van der Waals surface area (Å²) in [5.41, 5.74) is -0.959. The van der Waals surface area contributed by atoms with Crippen LogP contribution in [0.4, 0.5) is 18.9 Å². The summed E-state index contributed by atoms with van der Waals surface area (Å²) in [5, 5.41) is 0.850. The average molecular weight is 505 g/mol. The molecule has 1 aromatic heterocycles. The maximum atomic E-state index is 13.5. The third-order valence-electron chi connectivity index (χ3n) is 5.22. The van der Waals surface area contributed by atoms with Gasteiger partial charge < -0.3 is 9.64 Å². The van der Waals surface area contributed by atoms with E-state index in [1.54, 1.807) is 25.1 Å². The van der Waals surface area contributed by atoms with E-state index in [-0.39, 0.29) is 10.6 Å². The maximum absolute atomic E-state index is 13.5. The van der Waals surface area contributed by atoms with Crippen molar-refractivity contribution in [2.75, 3.05) is 24.9 Å². The SMILES string of the molecule is Cc1sc2ccc(Cl)cc2c1S(=O)(=O)Nc1ccc(C(F)(F)F)c(O[C@@H]2CCN(C)C2)c1. The number of anilines is 1. The molecule has 2 heterocycles. The number of likely N-dealkylation sites (tertiary alicyclic amines) is 1. The van der Waals surface area contributed by atoms with E-state index in [0.717, 1.165) is 22.9 Å². The Labute approximate surface area is 192 Å². The van der Waals surface area contributed by atoms with Gasteiger partial charge >= 0.3 is 6.18 Å². The van der Waals surface area contributed by atoms with Crippen LogP contribution in [-0.2, 0) is 16.2 Å². The highest BCUT2D eigenvalue weighted by molar-refractivity contribution is 7.93. The molecule has 0 saturated carbocycles. The van der Waals surface area contributed by atoms with E-state index in [1.165, 1.54) is 11.3 Å². The lowest BCUT2D eigenvalue weighted by molar-refractivity contribution is -0.139. The van der Waals surface area contributed by atoms with Crippen molar-refractivity contribution < 1.29 is 26.3 Å². The summed E-state index contributed by atoms with van der Waals surface area (Å²) in [4.78, 5) is 2.56. The first-order valence-corrected chi connectivity index (χ1v) is 12.4. The van der Waals surface area contributed by atoms with Crippen molar-refractivity contribution in [1.29, 1.82) is 0 Å². The standard InChI is InChI=1S/C21H20ClF3N2O3S2/c1-12-20(16-9-13(22)3-6-19(16)31-12)32(28,29)26-14-4-5-17(21(23,24)25)18(10-14)30-15-7-8-27(2)11-15/h3-6,9-10,15,26H,7-8,11H2,1-2H3/t15-/m1/s1. The van der Waals surface area contributed by atoms with E-state index in [4.69, 9.17) is 16.3 Å². The van der Waals surface area contributed by atoms with Crippen molar-refractivity contribution in [2.45, 2.75) is 30.5 Å². The van der Waals surface area contributed by atoms with E-state index >= 15 is 0 Å². The van der Waals surface area contributed by atoms with Crippen LogP contribution >= 0.6 is 22.9 Å². The fourth-order valence-corrected chi connectivity index (χ4v) is 6.80. The number of nitrogens with zero attached hydrogens (tertiary/aromatic N) is 1. The molecule has 3 aromatic rings. The Bertz CT molecular complexity index is 1280. The molecule has 5 nitrogen and oxygen atoms in total. The third kappa shape index (κ3) is 4.68. The lowest BCUT2D eigenvalue weighted by Gasteiger charge is -2.19. The van der Waals surface area contributed by atoms with Gasteiger partial charge in [0.2, 0.25) is 0 Å². The van der Waals surface area contributed by atoms with Gasteiger partial charge in [-0.05, 0) is 50.7 Å². The molecule has 1 aliphatic heterocycles. The largest absolute Gasteiger partial charge is 0.488 e. The third-order valence-corrected chi connectivity index (χ3v) is 8.24. The van der Waals surface area contributed by atoms with Crippen LogP contribution in [0.3, 0.4) is 0 Å². The van der Waals surface area contributed by atoms with E-state index in [2.05, 4.69) is 4.72 Å². The van der Waals surface area contributed by atoms with Crippen molar-refractivity contribution in [3.05, 3.63) is 51.9 Å². The van der Waals surface area contributed by atoms with Crippen molar-refractivity contribution in [3.63, 3.8) is 0 Å². The van der Waals surface area contributed by atoms with Gasteiger partial charge in [-0.3, -0.25) is 4.72 Å². The number of hydrogen-bond donors (Lipinski definition) is 1. The summed E-state index contributed by atoms with van der Waals surface area (Å²) in [6.45, 7) is 2.88. The highest BCUT2D eigenvalue weighted by Crippen LogP contribution is 2.40. The Kier molecular flexibility index (Phi) is 6.08. The van der Waals surface area contributed by atoms with Crippen LogP contribution in [0.2, 0.25) is 5.02 Å². The summed E-state index contributed by atoms with van der Waals surface area (Å²) in [6.07, 6.45) is -4.45. The van der Waals surface area contributed by atoms with E-state index in [9.17, 15) is 21.6 Å². The Hall–Kier alpha value is -2.01. The van der Waals surface area contributed by atoms with Crippen LogP contribution < -0.4 is 9.46 Å². The Morgan fingerprint density at radius 2 is 1.97 bits per heavy atom. The Balaban J connectivity index is 1.70. The molecule has 1 N–H and O–H groups in total. The lowest BCUT2D eigenvalue weighted by atomic mass is 10.1. The molecule has 2 aromatic carbocycles. The zero-order chi connectivity index (χ0) is 23.3. The molecule has 0 radical (unpaired) electrons. The normalized spacial score (nSPS) is 17.8. The first-order valence-electron chi connectivity index (χ1n) is 9.72. The number of halogens is 4. The smallest absolute Gasteiger partial charge is 0.419 e. The van der Waals surface area contributed by atoms with Crippen molar-refractivity contribution in [2.24, 2.45) is 0 Å². The number of alkyl halides is 3. The second kappa shape index (κ2) is 8.40. The van der Waals surface area contributed by atoms with Crippen LogP contribution in [0, 0.1) is 6.92 Å². The molecule has 0 unspecified atom stereocenters. The van der Waals surface area contributed by atoms with Gasteiger partial charge in [-0.1, -0.05) is 11.6 Å². The molecule has 1 aliphatic rings. The number of ether oxygens (including phenoxy) is 1. The van der Waals surface area contributed by atoms with E-state index < -0.39 is 33.6 Å². The number of rotatable bonds is 5. The quantitative estimate of drug-likeness (QED) is 0.479. The summed E-state index contributed by atoms with van der Waals surface area (Å²) >= 11 is 7.34. The number of thiophene rings is 1. The number of aryl methyl sites for hydroxylation is 1. The van der Waals surface area contributed by atoms with Gasteiger partial charge in [0.1, 0.15) is 16.7 Å². The molecule has 1 fully saturated rings. The van der Waals surface area contributed by atoms with Crippen molar-refractivity contribution in [3.8, 4) is 5.75 Å². The minimum absolute atomic E-state index is 0.0138. The molecular formula is C21H20ClF3N2O3S2. The first kappa shape index (κ1) is 23.2. The van der Waals surface area contributed by atoms with Gasteiger partial charge in [0.25, 0.3) is 10.0 Å². The molecular weight excluding hydrogens is 485 g/mol. The molecule has 4 rings (SSSR count). The van der Waals surface area contributed by atoms with Gasteiger partial charge in [0.05, 0.1) is 11.3 Å². The Morgan fingerprint density at radius 1 is 1.22 bits per heavy atom. The van der Waals surface area contributed by atoms with Crippen molar-refractivity contribution in [1.82, 2.24) is 4.90 Å². The molecule has 1 saturated heterocycles. The number of benzene rings is 2. The summed E-state index contributed by atoms with van der Waals surface area (Å²) in [5.74, 6) is -0.395. The molecule has 0 bridgehead atoms. The number of likely N-dealkylation sites (N-methyl/N-ethyl adjacent to an activating group) is 1. The molecule has 32 heavy (non-hydrogen) atoms. The maximum Gasteiger partial charge on any atom is 0.419 e. The van der Waals surface area contributed by atoms with Crippen LogP contribution in [-0.4, -0.2) is 39.6 Å². The number of fused-ring (bicyclic) bond motifs is 1. The summed E-state index contributed by atoms with van der Waals surface area (Å²) in [7, 11) is -2.23. The highest BCUT2D eigenvalue weighted by atomic mass is 35.5. The molecule has 11 heteroatoms. The van der Waals surface area contributed by atoms with E-state index in [0.29, 0.717) is 34.8 Å². The molecule has 0 amide bonds. The predicted octanol–water partition coefficient (Wildman–Crippen LogP) is 5.77. The van der Waals surface area contributed by atoms with Crippen LogP contribution in [0.15, 0.2) is 41.3 Å². The first-order chi connectivity index (χ1) is 14.9. The summed E-state index contributed by atoms with van der Waals surface area (Å²) < 4.78 is 75.7. The fourth-order valence-electron chi connectivity index (χ4n) is 3.80. The van der Waals surface area contributed by atoms with Crippen LogP contribution in [0.25, 0.3) is 10.1 Å². The predicted molar refractivity (Wildman–Crippen MR) is 120 cm³/mol. The molecule has 172 valence electrons. The summed E-state index contributed by atoms with van der Waals surface area (Å²) in [6, 6.07) is 7.98. The van der Waals surface area contributed by atoms with Crippen molar-refractivity contribution >= 4 is 48.7 Å². The zero-order valence-corrected chi connectivity index (χ0v) is 19.6. The van der Waals surface area contributed by atoms with Crippen LogP contribution in [0.5, 0.6) is 5.75 Å². The monoisotopic (exact) mass is 504 g/mol. The average Bonchev–Trinajstić information content (AvgIpc) is 3.22. The Morgan fingerprint density at radius 3 is 2.62 bits per heavy atom. The van der Waals surface area contributed by atoms with Gasteiger partial charge in [-0.15, -0.1) is 11.3 Å². The highest BCUT2D eigenvalue weighted by Gasteiger charge is 2.36. The van der Waals surface area contributed by atoms with Gasteiger partial charge in [0, 0.05) is 39.1 Å². The van der Waals surface area contributed by atoms with Gasteiger partial charge in [0.15, 0.2) is 0 Å². The lowest BCUT2D eigenvalue weighted by Crippen LogP contribution is -2.23. The van der Waals surface area contributed by atoms with Crippen LogP contribution in [0.1, 0.15) is 16.9 Å².